The average molecular weight is 268 g/mol. The van der Waals surface area contributed by atoms with Crippen LogP contribution in [-0.2, 0) is 20.9 Å². The van der Waals surface area contributed by atoms with Gasteiger partial charge in [0.1, 0.15) is 6.04 Å². The Kier molecular flexibility index (Phi) is 5.98. The summed E-state index contributed by atoms with van der Waals surface area (Å²) in [4.78, 5) is 23.3. The van der Waals surface area contributed by atoms with Crippen LogP contribution in [0.3, 0.4) is 0 Å². The van der Waals surface area contributed by atoms with E-state index in [-0.39, 0.29) is 12.3 Å². The fourth-order valence-electron chi connectivity index (χ4n) is 1.66. The van der Waals surface area contributed by atoms with Crippen molar-refractivity contribution in [2.45, 2.75) is 39.3 Å². The van der Waals surface area contributed by atoms with Crippen molar-refractivity contribution in [1.82, 2.24) is 20.3 Å². The lowest BCUT2D eigenvalue weighted by molar-refractivity contribution is -0.145. The van der Waals surface area contributed by atoms with Gasteiger partial charge in [0.2, 0.25) is 5.91 Å². The normalized spacial score (nSPS) is 12.2. The molecule has 0 aromatic carbocycles. The number of methoxy groups -OCH3 is 1. The second kappa shape index (κ2) is 7.50. The predicted molar refractivity (Wildman–Crippen MR) is 68.0 cm³/mol. The van der Waals surface area contributed by atoms with Crippen molar-refractivity contribution < 1.29 is 14.3 Å². The number of carbonyl (C=O) groups excluding carboxylic acids is 2. The highest BCUT2D eigenvalue weighted by Gasteiger charge is 2.22. The molecule has 19 heavy (non-hydrogen) atoms. The van der Waals surface area contributed by atoms with Crippen LogP contribution in [0.1, 0.15) is 26.7 Å². The van der Waals surface area contributed by atoms with Gasteiger partial charge < -0.3 is 10.1 Å². The van der Waals surface area contributed by atoms with Gasteiger partial charge in [0.25, 0.3) is 0 Å². The monoisotopic (exact) mass is 268 g/mol. The molecule has 0 saturated carbocycles. The average Bonchev–Trinajstić information content (AvgIpc) is 2.87. The molecule has 0 saturated heterocycles. The molecule has 0 spiro atoms. The summed E-state index contributed by atoms with van der Waals surface area (Å²) in [6.45, 7) is 4.40. The minimum Gasteiger partial charge on any atom is -0.467 e. The summed E-state index contributed by atoms with van der Waals surface area (Å²) in [6.07, 6.45) is 4.03. The number of hydrogen-bond acceptors (Lipinski definition) is 5. The summed E-state index contributed by atoms with van der Waals surface area (Å²) in [7, 11) is 1.32. The van der Waals surface area contributed by atoms with Crippen LogP contribution in [0.4, 0.5) is 0 Å². The van der Waals surface area contributed by atoms with Crippen molar-refractivity contribution in [3.8, 4) is 0 Å². The van der Waals surface area contributed by atoms with Crippen LogP contribution < -0.4 is 5.32 Å². The maximum absolute atomic E-state index is 11.8. The van der Waals surface area contributed by atoms with Crippen molar-refractivity contribution in [3.63, 3.8) is 0 Å². The standard InChI is InChI=1S/C12H20N4O3/c1-9(2)8-10(12(18)19-3)14-11(17)4-6-16-7-5-13-15-16/h5,7,9-10H,4,6,8H2,1-3H3,(H,14,17). The fraction of sp³-hybridized carbons (Fsp3) is 0.667. The molecule has 0 aliphatic heterocycles. The molecule has 1 heterocycles. The third-order valence-corrected chi connectivity index (χ3v) is 2.57. The molecule has 0 aliphatic carbocycles. The molecule has 0 bridgehead atoms. The van der Waals surface area contributed by atoms with E-state index in [0.717, 1.165) is 0 Å². The molecule has 1 aromatic rings. The molecule has 1 rings (SSSR count). The highest BCUT2D eigenvalue weighted by atomic mass is 16.5. The van der Waals surface area contributed by atoms with E-state index in [1.165, 1.54) is 7.11 Å². The van der Waals surface area contributed by atoms with Gasteiger partial charge in [-0.2, -0.15) is 0 Å². The molecule has 7 heteroatoms. The topological polar surface area (TPSA) is 86.1 Å². The second-order valence-corrected chi connectivity index (χ2v) is 4.69. The summed E-state index contributed by atoms with van der Waals surface area (Å²) in [5.74, 6) is -0.325. The minimum atomic E-state index is -0.590. The van der Waals surface area contributed by atoms with Gasteiger partial charge in [0, 0.05) is 12.6 Å². The number of amides is 1. The third kappa shape index (κ3) is 5.50. The highest BCUT2D eigenvalue weighted by Crippen LogP contribution is 2.06. The zero-order valence-corrected chi connectivity index (χ0v) is 11.5. The van der Waals surface area contributed by atoms with E-state index in [9.17, 15) is 9.59 Å². The molecule has 106 valence electrons. The van der Waals surface area contributed by atoms with Gasteiger partial charge in [-0.05, 0) is 12.3 Å². The van der Waals surface area contributed by atoms with Crippen LogP contribution in [0.5, 0.6) is 0 Å². The molecule has 0 fully saturated rings. The van der Waals surface area contributed by atoms with Gasteiger partial charge >= 0.3 is 5.97 Å². The number of nitrogens with one attached hydrogen (secondary N) is 1. The van der Waals surface area contributed by atoms with Crippen LogP contribution in [-0.4, -0.2) is 40.0 Å². The Morgan fingerprint density at radius 3 is 2.68 bits per heavy atom. The zero-order chi connectivity index (χ0) is 14.3. The smallest absolute Gasteiger partial charge is 0.328 e. The highest BCUT2D eigenvalue weighted by molar-refractivity contribution is 5.84. The summed E-state index contributed by atoms with van der Waals surface area (Å²) < 4.78 is 6.25. The number of carbonyl (C=O) groups is 2. The number of esters is 1. The summed E-state index contributed by atoms with van der Waals surface area (Å²) >= 11 is 0. The predicted octanol–water partition coefficient (Wildman–Crippen LogP) is 0.372. The summed E-state index contributed by atoms with van der Waals surface area (Å²) in [5.41, 5.74) is 0. The van der Waals surface area contributed by atoms with Crippen molar-refractivity contribution in [3.05, 3.63) is 12.4 Å². The van der Waals surface area contributed by atoms with E-state index >= 15 is 0 Å². The van der Waals surface area contributed by atoms with Gasteiger partial charge in [-0.3, -0.25) is 9.48 Å². The number of aromatic nitrogens is 3. The van der Waals surface area contributed by atoms with Crippen LogP contribution in [0.15, 0.2) is 12.4 Å². The number of aryl methyl sites for hydroxylation is 1. The molecule has 1 atom stereocenters. The molecule has 7 nitrogen and oxygen atoms in total. The van der Waals surface area contributed by atoms with E-state index in [1.807, 2.05) is 13.8 Å². The molecule has 1 amide bonds. The largest absolute Gasteiger partial charge is 0.467 e. The molecule has 1 unspecified atom stereocenters. The van der Waals surface area contributed by atoms with Crippen molar-refractivity contribution in [2.24, 2.45) is 5.92 Å². The van der Waals surface area contributed by atoms with Gasteiger partial charge in [-0.25, -0.2) is 4.79 Å². The maximum Gasteiger partial charge on any atom is 0.328 e. The van der Waals surface area contributed by atoms with Gasteiger partial charge in [0.15, 0.2) is 0 Å². The molecule has 0 radical (unpaired) electrons. The number of ether oxygens (including phenoxy) is 1. The first kappa shape index (κ1) is 15.1. The Morgan fingerprint density at radius 1 is 1.42 bits per heavy atom. The van der Waals surface area contributed by atoms with Crippen LogP contribution >= 0.6 is 0 Å². The Hall–Kier alpha value is -1.92. The Bertz CT molecular complexity index is 403. The maximum atomic E-state index is 11.8. The van der Waals surface area contributed by atoms with E-state index < -0.39 is 12.0 Å². The molecule has 1 aromatic heterocycles. The number of nitrogens with zero attached hydrogens (tertiary/aromatic N) is 3. The van der Waals surface area contributed by atoms with Crippen molar-refractivity contribution >= 4 is 11.9 Å². The summed E-state index contributed by atoms with van der Waals surface area (Å²) in [5, 5.41) is 10.1. The number of hydrogen-bond donors (Lipinski definition) is 1. The lowest BCUT2D eigenvalue weighted by atomic mass is 10.0. The molecular formula is C12H20N4O3. The third-order valence-electron chi connectivity index (χ3n) is 2.57. The molecule has 0 aliphatic rings. The lowest BCUT2D eigenvalue weighted by Crippen LogP contribution is -2.42. The van der Waals surface area contributed by atoms with Crippen LogP contribution in [0, 0.1) is 5.92 Å². The first-order valence-electron chi connectivity index (χ1n) is 6.24. The van der Waals surface area contributed by atoms with Gasteiger partial charge in [-0.1, -0.05) is 19.1 Å². The van der Waals surface area contributed by atoms with Crippen molar-refractivity contribution in [1.29, 1.82) is 0 Å². The minimum absolute atomic E-state index is 0.202. The van der Waals surface area contributed by atoms with E-state index in [4.69, 9.17) is 0 Å². The van der Waals surface area contributed by atoms with E-state index in [2.05, 4.69) is 20.4 Å². The van der Waals surface area contributed by atoms with E-state index in [0.29, 0.717) is 18.9 Å². The Balaban J connectivity index is 2.44. The Morgan fingerprint density at radius 2 is 2.16 bits per heavy atom. The quantitative estimate of drug-likeness (QED) is 0.722. The lowest BCUT2D eigenvalue weighted by Gasteiger charge is -2.18. The fourth-order valence-corrected chi connectivity index (χ4v) is 1.66. The number of rotatable bonds is 7. The Labute approximate surface area is 112 Å². The zero-order valence-electron chi connectivity index (χ0n) is 11.5. The molecular weight excluding hydrogens is 248 g/mol. The van der Waals surface area contributed by atoms with Crippen molar-refractivity contribution in [2.75, 3.05) is 7.11 Å². The SMILES string of the molecule is COC(=O)C(CC(C)C)NC(=O)CCn1ccnn1. The first-order chi connectivity index (χ1) is 9.02. The van der Waals surface area contributed by atoms with Gasteiger partial charge in [0.05, 0.1) is 19.9 Å². The van der Waals surface area contributed by atoms with E-state index in [1.54, 1.807) is 17.1 Å². The first-order valence-corrected chi connectivity index (χ1v) is 6.24. The second-order valence-electron chi connectivity index (χ2n) is 4.69. The van der Waals surface area contributed by atoms with Crippen LogP contribution in [0.25, 0.3) is 0 Å². The summed E-state index contributed by atoms with van der Waals surface area (Å²) in [6, 6.07) is -0.590. The molecule has 1 N–H and O–H groups in total. The van der Waals surface area contributed by atoms with Crippen LogP contribution in [0.2, 0.25) is 0 Å². The van der Waals surface area contributed by atoms with Gasteiger partial charge in [-0.15, -0.1) is 5.10 Å².